The zero-order valence-electron chi connectivity index (χ0n) is 13.7. The summed E-state index contributed by atoms with van der Waals surface area (Å²) < 4.78 is 28.0. The van der Waals surface area contributed by atoms with Crippen LogP contribution in [0.3, 0.4) is 0 Å². The summed E-state index contributed by atoms with van der Waals surface area (Å²) in [7, 11) is -3.65. The molecule has 5 nitrogen and oxygen atoms in total. The van der Waals surface area contributed by atoms with Gasteiger partial charge in [0.15, 0.2) is 0 Å². The van der Waals surface area contributed by atoms with Gasteiger partial charge in [-0.2, -0.15) is 4.31 Å². The number of rotatable bonds is 5. The van der Waals surface area contributed by atoms with Crippen LogP contribution in [-0.2, 0) is 21.4 Å². The molecule has 1 saturated heterocycles. The van der Waals surface area contributed by atoms with Gasteiger partial charge in [-0.05, 0) is 29.8 Å². The van der Waals surface area contributed by atoms with Crippen molar-refractivity contribution < 1.29 is 13.2 Å². The molecule has 1 atom stereocenters. The molecule has 1 fully saturated rings. The molecule has 1 amide bonds. The van der Waals surface area contributed by atoms with Crippen molar-refractivity contribution >= 4 is 62.2 Å². The Morgan fingerprint density at radius 1 is 1.31 bits per heavy atom. The van der Waals surface area contributed by atoms with Crippen molar-refractivity contribution in [2.75, 3.05) is 12.3 Å². The standard InChI is InChI=1S/C16H16Cl2N2O3S3/c1-10(21)19-9-12-3-5-15(25-12)26(22,23)20-6-7-24-16(20)13-4-2-11(17)8-14(13)18/h2-5,8,16H,6-7,9H2,1H3,(H,19,21). The highest BCUT2D eigenvalue weighted by atomic mass is 35.5. The molecule has 1 N–H and O–H groups in total. The van der Waals surface area contributed by atoms with E-state index in [1.54, 1.807) is 30.3 Å². The molecule has 1 unspecified atom stereocenters. The summed E-state index contributed by atoms with van der Waals surface area (Å²) in [5.41, 5.74) is 0.733. The van der Waals surface area contributed by atoms with Gasteiger partial charge in [0.1, 0.15) is 4.21 Å². The lowest BCUT2D eigenvalue weighted by atomic mass is 10.2. The number of hydrogen-bond acceptors (Lipinski definition) is 5. The third kappa shape index (κ3) is 4.21. The van der Waals surface area contributed by atoms with Crippen LogP contribution in [0, 0.1) is 0 Å². The van der Waals surface area contributed by atoms with Gasteiger partial charge in [-0.15, -0.1) is 23.1 Å². The third-order valence-electron chi connectivity index (χ3n) is 3.79. The minimum atomic E-state index is -3.65. The fourth-order valence-electron chi connectivity index (χ4n) is 2.57. The van der Waals surface area contributed by atoms with E-state index in [9.17, 15) is 13.2 Å². The maximum atomic E-state index is 13.1. The monoisotopic (exact) mass is 450 g/mol. The van der Waals surface area contributed by atoms with Crippen LogP contribution < -0.4 is 5.32 Å². The predicted octanol–water partition coefficient (Wildman–Crippen LogP) is 4.13. The van der Waals surface area contributed by atoms with E-state index in [1.807, 2.05) is 0 Å². The van der Waals surface area contributed by atoms with Gasteiger partial charge in [-0.25, -0.2) is 8.42 Å². The number of carbonyl (C=O) groups excluding carboxylic acids is 1. The van der Waals surface area contributed by atoms with Crippen LogP contribution in [0.4, 0.5) is 0 Å². The average Bonchev–Trinajstić information content (AvgIpc) is 3.23. The van der Waals surface area contributed by atoms with Gasteiger partial charge in [0.05, 0.1) is 11.9 Å². The van der Waals surface area contributed by atoms with E-state index in [2.05, 4.69) is 5.32 Å². The van der Waals surface area contributed by atoms with Crippen molar-refractivity contribution in [3.8, 4) is 0 Å². The van der Waals surface area contributed by atoms with Gasteiger partial charge in [0.2, 0.25) is 5.91 Å². The molecule has 1 aromatic heterocycles. The smallest absolute Gasteiger partial charge is 0.253 e. The Morgan fingerprint density at radius 3 is 2.77 bits per heavy atom. The minimum absolute atomic E-state index is 0.156. The molecular formula is C16H16Cl2N2O3S3. The maximum absolute atomic E-state index is 13.1. The van der Waals surface area contributed by atoms with E-state index >= 15 is 0 Å². The van der Waals surface area contributed by atoms with E-state index in [0.29, 0.717) is 28.9 Å². The second-order valence-electron chi connectivity index (χ2n) is 5.64. The SMILES string of the molecule is CC(=O)NCc1ccc(S(=O)(=O)N2CCSC2c2ccc(Cl)cc2Cl)s1. The third-order valence-corrected chi connectivity index (χ3v) is 9.14. The summed E-state index contributed by atoms with van der Waals surface area (Å²) in [5.74, 6) is 0.531. The topological polar surface area (TPSA) is 66.5 Å². The molecule has 140 valence electrons. The molecule has 3 rings (SSSR count). The first kappa shape index (κ1) is 20.0. The highest BCUT2D eigenvalue weighted by molar-refractivity contribution is 8.01. The molecule has 1 aromatic carbocycles. The summed E-state index contributed by atoms with van der Waals surface area (Å²) in [4.78, 5) is 11.8. The Kier molecular flexibility index (Phi) is 6.21. The molecule has 1 aliphatic heterocycles. The van der Waals surface area contributed by atoms with E-state index < -0.39 is 10.0 Å². The molecule has 1 aliphatic rings. The molecule has 10 heteroatoms. The molecule has 0 spiro atoms. The second-order valence-corrected chi connectivity index (χ2v) is 11.0. The number of amides is 1. The second kappa shape index (κ2) is 8.08. The molecule has 0 radical (unpaired) electrons. The summed E-state index contributed by atoms with van der Waals surface area (Å²) in [6, 6.07) is 8.41. The fraction of sp³-hybridized carbons (Fsp3) is 0.312. The molecule has 0 aliphatic carbocycles. The molecular weight excluding hydrogens is 435 g/mol. The van der Waals surface area contributed by atoms with Crippen LogP contribution in [0.1, 0.15) is 22.7 Å². The van der Waals surface area contributed by atoms with Crippen LogP contribution in [-0.4, -0.2) is 30.9 Å². The van der Waals surface area contributed by atoms with Crippen molar-refractivity contribution in [1.82, 2.24) is 9.62 Å². The van der Waals surface area contributed by atoms with Crippen LogP contribution >= 0.6 is 46.3 Å². The van der Waals surface area contributed by atoms with Gasteiger partial charge >= 0.3 is 0 Å². The lowest BCUT2D eigenvalue weighted by Gasteiger charge is -2.23. The lowest BCUT2D eigenvalue weighted by molar-refractivity contribution is -0.119. The van der Waals surface area contributed by atoms with Gasteiger partial charge in [0.25, 0.3) is 10.0 Å². The number of halogens is 2. The highest BCUT2D eigenvalue weighted by Gasteiger charge is 2.38. The summed E-state index contributed by atoms with van der Waals surface area (Å²) in [6.45, 7) is 2.15. The number of thioether (sulfide) groups is 1. The van der Waals surface area contributed by atoms with Crippen molar-refractivity contribution in [3.63, 3.8) is 0 Å². The normalized spacial score (nSPS) is 18.2. The maximum Gasteiger partial charge on any atom is 0.253 e. The van der Waals surface area contributed by atoms with E-state index in [-0.39, 0.29) is 15.5 Å². The number of carbonyl (C=O) groups is 1. The van der Waals surface area contributed by atoms with Gasteiger partial charge in [0, 0.05) is 34.1 Å². The molecule has 0 bridgehead atoms. The Hall–Kier alpha value is -0.770. The average molecular weight is 451 g/mol. The highest BCUT2D eigenvalue weighted by Crippen LogP contribution is 2.44. The quantitative estimate of drug-likeness (QED) is 0.743. The van der Waals surface area contributed by atoms with Gasteiger partial charge in [-0.1, -0.05) is 29.3 Å². The Morgan fingerprint density at radius 2 is 2.08 bits per heavy atom. The summed E-state index contributed by atoms with van der Waals surface area (Å²) in [6.07, 6.45) is 0. The molecule has 2 aromatic rings. The molecule has 2 heterocycles. The Labute approximate surface area is 170 Å². The number of hydrogen-bond donors (Lipinski definition) is 1. The van der Waals surface area contributed by atoms with E-state index in [4.69, 9.17) is 23.2 Å². The first-order valence-electron chi connectivity index (χ1n) is 7.70. The first-order chi connectivity index (χ1) is 12.3. The number of thiophene rings is 1. The zero-order valence-corrected chi connectivity index (χ0v) is 17.7. The Balaban J connectivity index is 1.87. The van der Waals surface area contributed by atoms with Gasteiger partial charge in [-0.3, -0.25) is 4.79 Å². The van der Waals surface area contributed by atoms with Crippen molar-refractivity contribution in [2.24, 2.45) is 0 Å². The number of nitrogens with one attached hydrogen (secondary N) is 1. The largest absolute Gasteiger partial charge is 0.351 e. The zero-order chi connectivity index (χ0) is 18.9. The van der Waals surface area contributed by atoms with Crippen LogP contribution in [0.2, 0.25) is 10.0 Å². The molecule has 0 saturated carbocycles. The lowest BCUT2D eigenvalue weighted by Crippen LogP contribution is -2.30. The minimum Gasteiger partial charge on any atom is -0.351 e. The number of sulfonamides is 1. The fourth-order valence-corrected chi connectivity index (χ4v) is 7.84. The van der Waals surface area contributed by atoms with E-state index in [0.717, 1.165) is 21.8 Å². The van der Waals surface area contributed by atoms with Crippen molar-refractivity contribution in [1.29, 1.82) is 0 Å². The van der Waals surface area contributed by atoms with Crippen LogP contribution in [0.25, 0.3) is 0 Å². The van der Waals surface area contributed by atoms with Crippen molar-refractivity contribution in [3.05, 3.63) is 50.8 Å². The summed E-state index contributed by atoms with van der Waals surface area (Å²) >= 11 is 14.9. The first-order valence-corrected chi connectivity index (χ1v) is 11.8. The predicted molar refractivity (Wildman–Crippen MR) is 107 cm³/mol. The van der Waals surface area contributed by atoms with Crippen LogP contribution in [0.5, 0.6) is 0 Å². The Bertz CT molecular complexity index is 931. The number of benzene rings is 1. The number of nitrogens with zero attached hydrogens (tertiary/aromatic N) is 1. The van der Waals surface area contributed by atoms with Crippen molar-refractivity contribution in [2.45, 2.75) is 23.1 Å². The van der Waals surface area contributed by atoms with E-state index in [1.165, 1.54) is 23.0 Å². The summed E-state index contributed by atoms with van der Waals surface area (Å²) in [5, 5.41) is 3.25. The van der Waals surface area contributed by atoms with Gasteiger partial charge < -0.3 is 5.32 Å². The molecule has 26 heavy (non-hydrogen) atoms. The van der Waals surface area contributed by atoms with Crippen LogP contribution in [0.15, 0.2) is 34.5 Å².